The summed E-state index contributed by atoms with van der Waals surface area (Å²) in [6.45, 7) is 0. The summed E-state index contributed by atoms with van der Waals surface area (Å²) in [6.07, 6.45) is 11.3. The summed E-state index contributed by atoms with van der Waals surface area (Å²) in [5.74, 6) is -4.98. The van der Waals surface area contributed by atoms with E-state index in [2.05, 4.69) is 75.0 Å². The van der Waals surface area contributed by atoms with E-state index in [1.807, 2.05) is 0 Å². The maximum Gasteiger partial charge on any atom is 1.00 e. The van der Waals surface area contributed by atoms with Crippen LogP contribution in [0.2, 0.25) is 0 Å². The second-order valence-corrected chi connectivity index (χ2v) is 14.4. The van der Waals surface area contributed by atoms with E-state index in [4.69, 9.17) is 0 Å². The van der Waals surface area contributed by atoms with Gasteiger partial charge < -0.3 is 75.6 Å². The van der Waals surface area contributed by atoms with Gasteiger partial charge in [-0.2, -0.15) is 0 Å². The predicted octanol–water partition coefficient (Wildman–Crippen LogP) is -6.07. The number of aromatic carboxylic acids is 1. The molecule has 0 saturated heterocycles. The summed E-state index contributed by atoms with van der Waals surface area (Å²) in [6, 6.07) is 18.2. The van der Waals surface area contributed by atoms with E-state index in [9.17, 15) is 48.3 Å². The van der Waals surface area contributed by atoms with Crippen LogP contribution in [0.3, 0.4) is 0 Å². The van der Waals surface area contributed by atoms with Gasteiger partial charge in [0.25, 0.3) is 17.7 Å². The number of rotatable bonds is 12. The Hall–Kier alpha value is -6.02. The number of hydrogen-bond donors (Lipinski definition) is 6. The number of carbonyl (C=O) groups is 7. The standard InChI is InChI=1S/C17H14N4O5.C16H11N4O4.C15H9N4O4.3K.2H2O/c1-25-16(23)10-6-4-3-5-9(10)15(22)21-11-7-18-13-12(11)19-8-20-14(13)17(24)26-2;1-24-16(23)10-5-3-2-4-9(10)15(22)20-11-6-17-14-12(7-21)18-8-19-13(11)14;20-6-11-13-12(18-7-17-11)10(5-16-13)19-14(21)8-3-1-2-4-9(8)15(22)23;;;;;/h3-8,18H,1-2H3,(H,21,22);2-6,8,17H,1H3,(H,20,22);1-5,7,16H,(H,19,21)(H,22,23);;;;2*1H2/q;2*-1;3*+1;;/p-3. The van der Waals surface area contributed by atoms with Crippen molar-refractivity contribution in [2.45, 2.75) is 0 Å². The van der Waals surface area contributed by atoms with Crippen LogP contribution in [0.1, 0.15) is 84.0 Å². The average Bonchev–Trinajstić information content (AvgIpc) is 4.17. The number of amides is 3. The van der Waals surface area contributed by atoms with Crippen LogP contribution < -0.4 is 175 Å². The predicted molar refractivity (Wildman–Crippen MR) is 257 cm³/mol. The number of nitrogens with zero attached hydrogens (tertiary/aromatic N) is 6. The van der Waals surface area contributed by atoms with Gasteiger partial charge in [-0.3, -0.25) is 34.3 Å². The molecule has 0 aliphatic heterocycles. The van der Waals surface area contributed by atoms with Crippen molar-refractivity contribution in [2.24, 2.45) is 0 Å². The van der Waals surface area contributed by atoms with Gasteiger partial charge in [-0.25, -0.2) is 24.4 Å². The van der Waals surface area contributed by atoms with Gasteiger partial charge in [-0.05, 0) is 41.7 Å². The molecule has 0 fully saturated rings. The number of carboxylic acid groups (broad SMARTS) is 1. The fraction of sp³-hybridized carbons (Fsp3) is 0.0625. The molecule has 9 aromatic rings. The molecule has 0 saturated carbocycles. The quantitative estimate of drug-likeness (QED) is 0.0287. The first kappa shape index (κ1) is 68.1. The number of methoxy groups -OCH3 is 3. The summed E-state index contributed by atoms with van der Waals surface area (Å²) in [5, 5.41) is 18.9. The first-order valence-corrected chi connectivity index (χ1v) is 20.7. The van der Waals surface area contributed by atoms with Crippen molar-refractivity contribution in [1.29, 1.82) is 0 Å². The van der Waals surface area contributed by atoms with Crippen molar-refractivity contribution >= 4 is 104 Å². The monoisotopic (exact) mass is 1140 g/mol. The second-order valence-electron chi connectivity index (χ2n) is 14.4. The van der Waals surface area contributed by atoms with Gasteiger partial charge in [0.05, 0.1) is 66.6 Å². The molecule has 6 heterocycles. The van der Waals surface area contributed by atoms with Crippen LogP contribution in [-0.2, 0) is 23.8 Å². The van der Waals surface area contributed by atoms with Gasteiger partial charge in [-0.15, -0.1) is 0 Å². The first-order chi connectivity index (χ1) is 35.3. The molecule has 0 aliphatic rings. The molecule has 30 heteroatoms. The molecule has 9 rings (SSSR count). The van der Waals surface area contributed by atoms with E-state index in [-0.39, 0.29) is 221 Å². The van der Waals surface area contributed by atoms with Gasteiger partial charge >= 0.3 is 172 Å². The van der Waals surface area contributed by atoms with E-state index in [1.165, 1.54) is 107 Å². The number of fused-ring (bicyclic) bond motifs is 3. The molecule has 382 valence electrons. The first-order valence-electron chi connectivity index (χ1n) is 20.7. The van der Waals surface area contributed by atoms with Gasteiger partial charge in [0, 0.05) is 53.3 Å². The van der Waals surface area contributed by atoms with E-state index < -0.39 is 41.6 Å². The number of anilines is 3. The largest absolute Gasteiger partial charge is 1.00 e. The zero-order valence-corrected chi connectivity index (χ0v) is 51.1. The van der Waals surface area contributed by atoms with E-state index in [0.717, 1.165) is 0 Å². The average molecular weight is 1140 g/mol. The number of aromatic amines is 3. The smallest absolute Gasteiger partial charge is 0.870 e. The minimum atomic E-state index is -1.45. The Kier molecular flexibility index (Phi) is 28.1. The van der Waals surface area contributed by atoms with Crippen molar-refractivity contribution < 1.29 is 228 Å². The molecule has 3 aromatic carbocycles. The van der Waals surface area contributed by atoms with Crippen molar-refractivity contribution in [2.75, 3.05) is 37.3 Å². The summed E-state index contributed by atoms with van der Waals surface area (Å²) in [4.78, 5) is 137. The normalized spacial score (nSPS) is 9.73. The zero-order valence-electron chi connectivity index (χ0n) is 41.8. The summed E-state index contributed by atoms with van der Waals surface area (Å²) in [7, 11) is 3.72. The maximum atomic E-state index is 12.6. The van der Waals surface area contributed by atoms with Crippen LogP contribution in [0.25, 0.3) is 33.1 Å². The molecule has 0 radical (unpaired) electrons. The Balaban J connectivity index is 0.000000388. The molecule has 0 aliphatic carbocycles. The molecular weight excluding hydrogens is 1100 g/mol. The fourth-order valence-corrected chi connectivity index (χ4v) is 6.88. The van der Waals surface area contributed by atoms with Crippen LogP contribution in [0.15, 0.2) is 110 Å². The molecule has 0 atom stereocenters. The number of H-pyrrole nitrogens is 3. The van der Waals surface area contributed by atoms with Crippen LogP contribution in [0, 0.1) is 0 Å². The van der Waals surface area contributed by atoms with E-state index in [1.54, 1.807) is 36.8 Å². The number of ether oxygens (including phenoxy) is 3. The Bertz CT molecular complexity index is 3660. The van der Waals surface area contributed by atoms with Crippen molar-refractivity contribution in [3.05, 3.63) is 161 Å². The zero-order chi connectivity index (χ0) is 52.2. The summed E-state index contributed by atoms with van der Waals surface area (Å²) >= 11 is 0. The minimum absolute atomic E-state index is 0. The van der Waals surface area contributed by atoms with Crippen molar-refractivity contribution in [3.8, 4) is 0 Å². The number of nitrogens with one attached hydrogen (secondary N) is 6. The Labute approximate surface area is 566 Å². The summed E-state index contributed by atoms with van der Waals surface area (Å²) in [5.41, 5.74) is 3.49. The number of esters is 3. The van der Waals surface area contributed by atoms with Crippen LogP contribution in [0.4, 0.5) is 17.1 Å². The maximum absolute atomic E-state index is 12.6. The van der Waals surface area contributed by atoms with Gasteiger partial charge in [0.2, 0.25) is 0 Å². The second kappa shape index (κ2) is 32.1. The van der Waals surface area contributed by atoms with E-state index in [0.29, 0.717) is 44.5 Å². The van der Waals surface area contributed by atoms with Crippen LogP contribution in [-0.4, -0.2) is 131 Å². The molecule has 6 aromatic heterocycles. The molecule has 0 bridgehead atoms. The SMILES string of the molecule is COC(=O)c1ccccc1C(=O)Nc1c[nH]c2c(C(=O)OC)ncnc12.COC(=O)c1ccccc1C(=O)Nc1c[nH]c2c([C-]=O)ncnc12.O=[C-]c1ncnc2c(NC(=O)c3ccccc3C(=O)[O-])c[nH]c12.[K+].[K+].[K+].[OH-].[OH-]. The number of carboxylic acids is 1. The fourth-order valence-electron chi connectivity index (χ4n) is 6.88. The number of aromatic nitrogens is 9. The van der Waals surface area contributed by atoms with Crippen molar-refractivity contribution in [1.82, 2.24) is 44.9 Å². The van der Waals surface area contributed by atoms with Gasteiger partial charge in [0.1, 0.15) is 30.0 Å². The third-order valence-electron chi connectivity index (χ3n) is 10.3. The Morgan fingerprint density at radius 1 is 0.449 bits per heavy atom. The minimum Gasteiger partial charge on any atom is -0.870 e. The molecule has 0 unspecified atom stereocenters. The van der Waals surface area contributed by atoms with Crippen LogP contribution >= 0.6 is 0 Å². The Morgan fingerprint density at radius 2 is 0.756 bits per heavy atom. The molecule has 3 amide bonds. The number of hydrogen-bond acceptors (Lipinski definition) is 21. The number of carbonyl (C=O) groups excluding carboxylic acids is 9. The van der Waals surface area contributed by atoms with Gasteiger partial charge in [0.15, 0.2) is 5.69 Å². The number of benzene rings is 3. The summed E-state index contributed by atoms with van der Waals surface area (Å²) < 4.78 is 14.0. The molecule has 8 N–H and O–H groups in total. The third kappa shape index (κ3) is 15.6. The molecular formula is C48H35K3N12O15-2. The van der Waals surface area contributed by atoms with Crippen LogP contribution in [0.5, 0.6) is 0 Å². The molecule has 78 heavy (non-hydrogen) atoms. The van der Waals surface area contributed by atoms with Crippen molar-refractivity contribution in [3.63, 3.8) is 0 Å². The van der Waals surface area contributed by atoms with Gasteiger partial charge in [-0.1, -0.05) is 53.5 Å². The van der Waals surface area contributed by atoms with E-state index >= 15 is 0 Å². The Morgan fingerprint density at radius 3 is 1.10 bits per heavy atom. The topological polar surface area (TPSA) is 425 Å². The third-order valence-corrected chi connectivity index (χ3v) is 10.3. The molecule has 27 nitrogen and oxygen atoms in total. The molecule has 0 spiro atoms.